The van der Waals surface area contributed by atoms with Gasteiger partial charge in [-0.1, -0.05) is 12.1 Å². The third kappa shape index (κ3) is 5.07. The smallest absolute Gasteiger partial charge is 0.291 e. The van der Waals surface area contributed by atoms with Crippen LogP contribution in [0.25, 0.3) is 0 Å². The van der Waals surface area contributed by atoms with Crippen molar-refractivity contribution >= 4 is 23.2 Å². The topological polar surface area (TPSA) is 111 Å². The van der Waals surface area contributed by atoms with Crippen LogP contribution < -0.4 is 25.0 Å². The lowest BCUT2D eigenvalue weighted by atomic mass is 10.1. The number of ether oxygens (including phenoxy) is 3. The minimum atomic E-state index is -0.439. The summed E-state index contributed by atoms with van der Waals surface area (Å²) in [6.45, 7) is 1.76. The van der Waals surface area contributed by atoms with Gasteiger partial charge in [-0.25, -0.2) is 5.43 Å². The van der Waals surface area contributed by atoms with Crippen LogP contribution in [0.4, 0.5) is 5.69 Å². The van der Waals surface area contributed by atoms with Crippen molar-refractivity contribution in [3.63, 3.8) is 0 Å². The maximum atomic E-state index is 12.6. The predicted octanol–water partition coefficient (Wildman–Crippen LogP) is 3.71. The van der Waals surface area contributed by atoms with E-state index in [-0.39, 0.29) is 11.7 Å². The van der Waals surface area contributed by atoms with E-state index in [4.69, 9.17) is 18.6 Å². The van der Waals surface area contributed by atoms with Gasteiger partial charge in [0.2, 0.25) is 5.75 Å². The van der Waals surface area contributed by atoms with Crippen molar-refractivity contribution < 1.29 is 28.2 Å². The zero-order chi connectivity index (χ0) is 23.1. The Morgan fingerprint density at radius 3 is 2.06 bits per heavy atom. The number of carbonyl (C=O) groups is 2. The van der Waals surface area contributed by atoms with Gasteiger partial charge in [-0.15, -0.1) is 0 Å². The summed E-state index contributed by atoms with van der Waals surface area (Å²) in [6, 6.07) is 13.3. The molecule has 3 aromatic rings. The van der Waals surface area contributed by atoms with Gasteiger partial charge < -0.3 is 23.9 Å². The van der Waals surface area contributed by atoms with E-state index in [0.717, 1.165) is 5.56 Å². The van der Waals surface area contributed by atoms with Crippen molar-refractivity contribution in [1.82, 2.24) is 5.43 Å². The molecule has 0 aliphatic carbocycles. The molecule has 0 atom stereocenters. The molecule has 0 saturated carbocycles. The molecule has 166 valence electrons. The molecule has 2 aromatic carbocycles. The fraction of sp³-hybridized carbons (Fsp3) is 0.174. The number of hydrogen-bond acceptors (Lipinski definition) is 7. The van der Waals surface area contributed by atoms with E-state index in [1.54, 1.807) is 43.3 Å². The van der Waals surface area contributed by atoms with Crippen LogP contribution in [-0.2, 0) is 0 Å². The van der Waals surface area contributed by atoms with Crippen molar-refractivity contribution in [2.45, 2.75) is 6.92 Å². The lowest BCUT2D eigenvalue weighted by molar-refractivity contribution is 0.0952. The van der Waals surface area contributed by atoms with E-state index in [1.165, 1.54) is 39.7 Å². The normalized spacial score (nSPS) is 10.9. The van der Waals surface area contributed by atoms with Crippen molar-refractivity contribution in [3.8, 4) is 17.2 Å². The first-order chi connectivity index (χ1) is 15.5. The number of nitrogens with zero attached hydrogens (tertiary/aromatic N) is 1. The molecule has 9 nitrogen and oxygen atoms in total. The van der Waals surface area contributed by atoms with E-state index in [1.807, 2.05) is 0 Å². The Morgan fingerprint density at radius 2 is 1.53 bits per heavy atom. The second-order valence-electron chi connectivity index (χ2n) is 6.56. The highest BCUT2D eigenvalue weighted by molar-refractivity contribution is 6.03. The Bertz CT molecular complexity index is 1100. The Labute approximate surface area is 185 Å². The van der Waals surface area contributed by atoms with E-state index in [0.29, 0.717) is 34.2 Å². The minimum absolute atomic E-state index is 0.223. The van der Waals surface area contributed by atoms with Gasteiger partial charge in [-0.2, -0.15) is 5.10 Å². The number of hydrazone groups is 1. The zero-order valence-electron chi connectivity index (χ0n) is 18.1. The highest BCUT2D eigenvalue weighted by atomic mass is 16.5. The fourth-order valence-corrected chi connectivity index (χ4v) is 2.87. The van der Waals surface area contributed by atoms with Gasteiger partial charge in [-0.05, 0) is 48.9 Å². The summed E-state index contributed by atoms with van der Waals surface area (Å²) in [5, 5.41) is 6.89. The molecule has 2 amide bonds. The van der Waals surface area contributed by atoms with Crippen LogP contribution >= 0.6 is 0 Å². The van der Waals surface area contributed by atoms with Crippen LogP contribution in [0.15, 0.2) is 64.3 Å². The molecule has 1 aromatic heterocycles. The summed E-state index contributed by atoms with van der Waals surface area (Å²) in [7, 11) is 4.44. The predicted molar refractivity (Wildman–Crippen MR) is 119 cm³/mol. The van der Waals surface area contributed by atoms with Gasteiger partial charge >= 0.3 is 0 Å². The number of methoxy groups -OCH3 is 3. The first-order valence-electron chi connectivity index (χ1n) is 9.56. The number of carbonyl (C=O) groups excluding carboxylic acids is 2. The minimum Gasteiger partial charge on any atom is -0.493 e. The van der Waals surface area contributed by atoms with Gasteiger partial charge in [0.25, 0.3) is 11.8 Å². The Hall–Kier alpha value is -4.27. The molecule has 0 fully saturated rings. The van der Waals surface area contributed by atoms with Crippen LogP contribution in [-0.4, -0.2) is 38.9 Å². The Balaban J connectivity index is 1.68. The van der Waals surface area contributed by atoms with Crippen LogP contribution in [0.1, 0.15) is 33.4 Å². The summed E-state index contributed by atoms with van der Waals surface area (Å²) in [4.78, 5) is 24.6. The molecule has 1 heterocycles. The third-order valence-corrected chi connectivity index (χ3v) is 4.56. The van der Waals surface area contributed by atoms with E-state index >= 15 is 0 Å². The lowest BCUT2D eigenvalue weighted by Gasteiger charge is -2.13. The van der Waals surface area contributed by atoms with E-state index in [9.17, 15) is 9.59 Å². The van der Waals surface area contributed by atoms with Gasteiger partial charge in [0.05, 0.1) is 33.3 Å². The number of rotatable bonds is 8. The van der Waals surface area contributed by atoms with Crippen molar-refractivity contribution in [3.05, 3.63) is 71.7 Å². The van der Waals surface area contributed by atoms with Crippen LogP contribution in [0, 0.1) is 0 Å². The first-order valence-corrected chi connectivity index (χ1v) is 9.56. The van der Waals surface area contributed by atoms with Crippen molar-refractivity contribution in [2.75, 3.05) is 26.6 Å². The van der Waals surface area contributed by atoms with Gasteiger partial charge in [0.15, 0.2) is 17.3 Å². The average Bonchev–Trinajstić information content (AvgIpc) is 3.37. The Morgan fingerprint density at radius 1 is 0.875 bits per heavy atom. The highest BCUT2D eigenvalue weighted by Crippen LogP contribution is 2.38. The zero-order valence-corrected chi connectivity index (χ0v) is 18.1. The molecule has 0 radical (unpaired) electrons. The molecular formula is C23H23N3O6. The molecule has 0 bridgehead atoms. The summed E-state index contributed by atoms with van der Waals surface area (Å²) in [6.07, 6.45) is 1.43. The number of amides is 2. The summed E-state index contributed by atoms with van der Waals surface area (Å²) >= 11 is 0. The van der Waals surface area contributed by atoms with Crippen LogP contribution in [0.2, 0.25) is 0 Å². The summed E-state index contributed by atoms with van der Waals surface area (Å²) in [5.74, 6) is 0.568. The number of anilines is 1. The number of benzene rings is 2. The van der Waals surface area contributed by atoms with Crippen molar-refractivity contribution in [1.29, 1.82) is 0 Å². The molecule has 9 heteroatoms. The lowest BCUT2D eigenvalue weighted by Crippen LogP contribution is -2.19. The second-order valence-corrected chi connectivity index (χ2v) is 6.56. The molecule has 0 spiro atoms. The fourth-order valence-electron chi connectivity index (χ4n) is 2.87. The average molecular weight is 437 g/mol. The molecule has 0 aliphatic rings. The van der Waals surface area contributed by atoms with Crippen LogP contribution in [0.3, 0.4) is 0 Å². The largest absolute Gasteiger partial charge is 0.493 e. The summed E-state index contributed by atoms with van der Waals surface area (Å²) < 4.78 is 20.9. The number of furan rings is 1. The quantitative estimate of drug-likeness (QED) is 0.410. The molecule has 0 unspecified atom stereocenters. The van der Waals surface area contributed by atoms with Gasteiger partial charge in [0, 0.05) is 11.3 Å². The third-order valence-electron chi connectivity index (χ3n) is 4.56. The maximum Gasteiger partial charge on any atom is 0.291 e. The number of nitrogens with one attached hydrogen (secondary N) is 2. The second kappa shape index (κ2) is 10.2. The standard InChI is InChI=1S/C23H23N3O6/c1-14(15-7-9-17(10-8-15)24-23(28)18-6-5-11-32-18)25-26-22(27)16-12-19(29-2)21(31-4)20(13-16)30-3/h5-13H,1-4H3,(H,24,28)(H,26,27)/b25-14+. The maximum absolute atomic E-state index is 12.6. The molecule has 0 saturated heterocycles. The molecule has 0 aliphatic heterocycles. The van der Waals surface area contributed by atoms with Crippen molar-refractivity contribution in [2.24, 2.45) is 5.10 Å². The SMILES string of the molecule is COc1cc(C(=O)N/N=C(\C)c2ccc(NC(=O)c3ccco3)cc2)cc(OC)c1OC. The molecule has 3 rings (SSSR count). The molecule has 32 heavy (non-hydrogen) atoms. The van der Waals surface area contributed by atoms with E-state index in [2.05, 4.69) is 15.8 Å². The molecular weight excluding hydrogens is 414 g/mol. The first kappa shape index (κ1) is 22.4. The van der Waals surface area contributed by atoms with Gasteiger partial charge in [0.1, 0.15) is 0 Å². The highest BCUT2D eigenvalue weighted by Gasteiger charge is 2.17. The monoisotopic (exact) mass is 437 g/mol. The van der Waals surface area contributed by atoms with E-state index < -0.39 is 5.91 Å². The summed E-state index contributed by atoms with van der Waals surface area (Å²) in [5.41, 5.74) is 4.77. The van der Waals surface area contributed by atoms with Crippen LogP contribution in [0.5, 0.6) is 17.2 Å². The molecule has 2 N–H and O–H groups in total. The van der Waals surface area contributed by atoms with Gasteiger partial charge in [-0.3, -0.25) is 9.59 Å². The number of hydrogen-bond donors (Lipinski definition) is 2. The Kier molecular flexibility index (Phi) is 7.12.